The van der Waals surface area contributed by atoms with Crippen LogP contribution in [0.1, 0.15) is 17.0 Å². The van der Waals surface area contributed by atoms with Crippen molar-refractivity contribution < 1.29 is 4.55 Å². The van der Waals surface area contributed by atoms with Crippen LogP contribution in [0.5, 0.6) is 0 Å². The smallest absolute Gasteiger partial charge is 0.201 e. The minimum absolute atomic E-state index is 0.382. The van der Waals surface area contributed by atoms with Crippen LogP contribution in [0.3, 0.4) is 0 Å². The normalized spacial score (nSPS) is 11.4. The Hall–Kier alpha value is 0.200. The van der Waals surface area contributed by atoms with Gasteiger partial charge in [-0.3, -0.25) is 0 Å². The van der Waals surface area contributed by atoms with E-state index in [1.54, 1.807) is 36.8 Å². The average molecular weight is 433 g/mol. The zero-order chi connectivity index (χ0) is 17.6. The number of hydrogen-bond donors (Lipinski definition) is 0. The number of benzene rings is 2. The standard InChI is InChI=1S/C14H9Cl5.C2H6OS/c15-11-5-1-9(2-6-11)13(14(17,18)19)10-3-7-12(16)8-4-10;1-4(2)3/h1-8,13H;1-2H3. The molecule has 7 heteroatoms. The second-order valence-electron chi connectivity index (χ2n) is 4.82. The molecule has 2 aromatic rings. The molecule has 0 aliphatic carbocycles. The van der Waals surface area contributed by atoms with Crippen molar-refractivity contribution in [1.29, 1.82) is 0 Å². The lowest BCUT2D eigenvalue weighted by Crippen LogP contribution is -2.18. The highest BCUT2D eigenvalue weighted by Crippen LogP contribution is 2.45. The Labute approximate surface area is 165 Å². The van der Waals surface area contributed by atoms with Crippen LogP contribution in [-0.4, -0.2) is 20.9 Å². The van der Waals surface area contributed by atoms with E-state index in [1.807, 2.05) is 24.3 Å². The van der Waals surface area contributed by atoms with Crippen LogP contribution >= 0.6 is 58.0 Å². The summed E-state index contributed by atoms with van der Waals surface area (Å²) in [7, 11) is 0. The van der Waals surface area contributed by atoms with Gasteiger partial charge in [-0.2, -0.15) is 0 Å². The van der Waals surface area contributed by atoms with Gasteiger partial charge in [0.05, 0.1) is 18.4 Å². The molecule has 0 spiro atoms. The van der Waals surface area contributed by atoms with Crippen LogP contribution in [0, 0.1) is 0 Å². The third kappa shape index (κ3) is 7.74. The van der Waals surface area contributed by atoms with Gasteiger partial charge >= 0.3 is 0 Å². The molecule has 0 saturated heterocycles. The van der Waals surface area contributed by atoms with Crippen LogP contribution in [0.15, 0.2) is 48.5 Å². The summed E-state index contributed by atoms with van der Waals surface area (Å²) in [5, 5.41) is 1.28. The first-order chi connectivity index (χ1) is 10.6. The zero-order valence-corrected chi connectivity index (χ0v) is 17.0. The van der Waals surface area contributed by atoms with Crippen molar-refractivity contribution in [1.82, 2.24) is 0 Å². The molecule has 0 fully saturated rings. The molecule has 0 aromatic heterocycles. The molecule has 0 bridgehead atoms. The molecule has 0 aliphatic heterocycles. The molecule has 0 radical (unpaired) electrons. The van der Waals surface area contributed by atoms with E-state index in [0.717, 1.165) is 11.1 Å². The van der Waals surface area contributed by atoms with Crippen LogP contribution in [0.25, 0.3) is 0 Å². The summed E-state index contributed by atoms with van der Waals surface area (Å²) in [6.07, 6.45) is 3.28. The first kappa shape index (κ1) is 21.2. The van der Waals surface area contributed by atoms with Gasteiger partial charge in [0.1, 0.15) is 0 Å². The maximum atomic E-state index is 9.56. The van der Waals surface area contributed by atoms with Gasteiger partial charge in [0.2, 0.25) is 3.79 Å². The maximum Gasteiger partial charge on any atom is 0.201 e. The largest absolute Gasteiger partial charge is 0.617 e. The fourth-order valence-electron chi connectivity index (χ4n) is 1.88. The van der Waals surface area contributed by atoms with Crippen molar-refractivity contribution in [3.05, 3.63) is 69.7 Å². The molecule has 0 amide bonds. The van der Waals surface area contributed by atoms with E-state index in [0.29, 0.717) is 10.0 Å². The van der Waals surface area contributed by atoms with Gasteiger partial charge in [-0.15, -0.1) is 0 Å². The summed E-state index contributed by atoms with van der Waals surface area (Å²) < 4.78 is 8.10. The lowest BCUT2D eigenvalue weighted by Gasteiger charge is -2.25. The lowest BCUT2D eigenvalue weighted by atomic mass is 9.92. The Morgan fingerprint density at radius 3 is 1.26 bits per heavy atom. The van der Waals surface area contributed by atoms with Crippen molar-refractivity contribution in [2.75, 3.05) is 12.5 Å². The minimum atomic E-state index is -1.46. The van der Waals surface area contributed by atoms with Gasteiger partial charge in [-0.25, -0.2) is 0 Å². The van der Waals surface area contributed by atoms with Crippen molar-refractivity contribution in [2.24, 2.45) is 0 Å². The Kier molecular flexibility index (Phi) is 8.89. The second-order valence-corrected chi connectivity index (χ2v) is 9.54. The Balaban J connectivity index is 0.000000593. The molecule has 126 valence electrons. The SMILES string of the molecule is C[S+](C)[O-].Clc1ccc(C(c2ccc(Cl)cc2)C(Cl)(Cl)Cl)cc1. The molecule has 0 heterocycles. The molecule has 23 heavy (non-hydrogen) atoms. The molecule has 0 aliphatic rings. The highest BCUT2D eigenvalue weighted by molar-refractivity contribution is 7.89. The van der Waals surface area contributed by atoms with Crippen LogP contribution < -0.4 is 0 Å². The summed E-state index contributed by atoms with van der Waals surface area (Å²) >= 11 is 29.5. The van der Waals surface area contributed by atoms with Crippen molar-refractivity contribution in [3.63, 3.8) is 0 Å². The molecule has 0 atom stereocenters. The fourth-order valence-corrected chi connectivity index (χ4v) is 2.89. The molecule has 1 nitrogen and oxygen atoms in total. The summed E-state index contributed by atoms with van der Waals surface area (Å²) in [6, 6.07) is 14.5. The predicted octanol–water partition coefficient (Wildman–Crippen LogP) is 6.49. The minimum Gasteiger partial charge on any atom is -0.617 e. The zero-order valence-electron chi connectivity index (χ0n) is 12.4. The third-order valence-corrected chi connectivity index (χ3v) is 3.89. The summed E-state index contributed by atoms with van der Waals surface area (Å²) in [4.78, 5) is 0. The number of halogens is 5. The topological polar surface area (TPSA) is 23.1 Å². The van der Waals surface area contributed by atoms with Crippen molar-refractivity contribution >= 4 is 69.2 Å². The predicted molar refractivity (Wildman–Crippen MR) is 105 cm³/mol. The van der Waals surface area contributed by atoms with Gasteiger partial charge in [0.15, 0.2) is 0 Å². The van der Waals surface area contributed by atoms with Gasteiger partial charge in [0.25, 0.3) is 0 Å². The molecular weight excluding hydrogens is 418 g/mol. The van der Waals surface area contributed by atoms with E-state index < -0.39 is 15.0 Å². The molecule has 2 rings (SSSR count). The van der Waals surface area contributed by atoms with Gasteiger partial charge in [-0.1, -0.05) is 93.4 Å². The van der Waals surface area contributed by atoms with E-state index in [2.05, 4.69) is 0 Å². The monoisotopic (exact) mass is 430 g/mol. The van der Waals surface area contributed by atoms with Crippen molar-refractivity contribution in [2.45, 2.75) is 9.71 Å². The lowest BCUT2D eigenvalue weighted by molar-refractivity contribution is 0.606. The molecule has 0 N–H and O–H groups in total. The van der Waals surface area contributed by atoms with Crippen LogP contribution in [-0.2, 0) is 11.2 Å². The summed E-state index contributed by atoms with van der Waals surface area (Å²) in [6.45, 7) is 0. The van der Waals surface area contributed by atoms with Gasteiger partial charge < -0.3 is 4.55 Å². The number of alkyl halides is 3. The summed E-state index contributed by atoms with van der Waals surface area (Å²) in [5.74, 6) is -0.382. The molecule has 0 saturated carbocycles. The summed E-state index contributed by atoms with van der Waals surface area (Å²) in [5.41, 5.74) is 1.76. The second kappa shape index (κ2) is 9.62. The molecular formula is C16H15Cl5OS. The highest BCUT2D eigenvalue weighted by atomic mass is 35.6. The van der Waals surface area contributed by atoms with Gasteiger partial charge in [0, 0.05) is 10.0 Å². The molecule has 0 unspecified atom stereocenters. The first-order valence-corrected chi connectivity index (χ1v) is 10.3. The van der Waals surface area contributed by atoms with Crippen LogP contribution in [0.4, 0.5) is 0 Å². The highest BCUT2D eigenvalue weighted by Gasteiger charge is 2.35. The van der Waals surface area contributed by atoms with E-state index in [9.17, 15) is 4.55 Å². The molecule has 2 aromatic carbocycles. The third-order valence-electron chi connectivity index (χ3n) is 2.73. The maximum absolute atomic E-state index is 9.56. The Morgan fingerprint density at radius 2 is 1.04 bits per heavy atom. The van der Waals surface area contributed by atoms with E-state index in [-0.39, 0.29) is 5.92 Å². The fraction of sp³-hybridized carbons (Fsp3) is 0.250. The Bertz CT molecular complexity index is 545. The van der Waals surface area contributed by atoms with Gasteiger partial charge in [-0.05, 0) is 35.4 Å². The number of hydrogen-bond acceptors (Lipinski definition) is 1. The quantitative estimate of drug-likeness (QED) is 0.393. The number of rotatable bonds is 2. The average Bonchev–Trinajstić information content (AvgIpc) is 2.41. The van der Waals surface area contributed by atoms with E-state index in [1.165, 1.54) is 0 Å². The van der Waals surface area contributed by atoms with Crippen LogP contribution in [0.2, 0.25) is 10.0 Å². The Morgan fingerprint density at radius 1 is 0.783 bits per heavy atom. The van der Waals surface area contributed by atoms with Crippen molar-refractivity contribution in [3.8, 4) is 0 Å². The first-order valence-electron chi connectivity index (χ1n) is 6.44. The van der Waals surface area contributed by atoms with E-state index >= 15 is 0 Å². The van der Waals surface area contributed by atoms with E-state index in [4.69, 9.17) is 58.0 Å².